The summed E-state index contributed by atoms with van der Waals surface area (Å²) in [5.41, 5.74) is 3.19. The van der Waals surface area contributed by atoms with E-state index in [4.69, 9.17) is 9.84 Å². The number of aryl methyl sites for hydroxylation is 1. The number of aromatic nitrogens is 1. The lowest BCUT2D eigenvalue weighted by Crippen LogP contribution is -2.04. The highest BCUT2D eigenvalue weighted by Crippen LogP contribution is 2.27. The highest BCUT2D eigenvalue weighted by molar-refractivity contribution is 7.99. The molecule has 3 nitrogen and oxygen atoms in total. The Hall–Kier alpha value is -0.740. The van der Waals surface area contributed by atoms with E-state index in [-0.39, 0.29) is 11.9 Å². The fourth-order valence-corrected chi connectivity index (χ4v) is 2.33. The van der Waals surface area contributed by atoms with Gasteiger partial charge in [0.25, 0.3) is 0 Å². The molecule has 0 aliphatic carbocycles. The van der Waals surface area contributed by atoms with Crippen LogP contribution in [0.4, 0.5) is 0 Å². The van der Waals surface area contributed by atoms with Crippen LogP contribution in [0.1, 0.15) is 23.7 Å². The number of hydrogen-bond acceptors (Lipinski definition) is 4. The molecule has 1 heterocycles. The molecule has 0 aliphatic rings. The fraction of sp³-hybridized carbons (Fsp3) is 0.583. The average Bonchev–Trinajstić information content (AvgIpc) is 2.28. The summed E-state index contributed by atoms with van der Waals surface area (Å²) in [5.74, 6) is 1.73. The number of methoxy groups -OCH3 is 1. The second-order valence-electron chi connectivity index (χ2n) is 3.85. The van der Waals surface area contributed by atoms with E-state index in [0.29, 0.717) is 0 Å². The van der Waals surface area contributed by atoms with Gasteiger partial charge in [-0.1, -0.05) is 6.92 Å². The van der Waals surface area contributed by atoms with E-state index in [1.807, 2.05) is 27.0 Å². The predicted molar refractivity (Wildman–Crippen MR) is 68.1 cm³/mol. The Morgan fingerprint density at radius 1 is 1.50 bits per heavy atom. The Morgan fingerprint density at radius 3 is 2.75 bits per heavy atom. The quantitative estimate of drug-likeness (QED) is 0.859. The normalized spacial score (nSPS) is 12.6. The van der Waals surface area contributed by atoms with Crippen molar-refractivity contribution in [2.45, 2.75) is 31.8 Å². The van der Waals surface area contributed by atoms with Gasteiger partial charge in [0.2, 0.25) is 0 Å². The number of aliphatic hydroxyl groups is 1. The number of pyridine rings is 1. The predicted octanol–water partition coefficient (Wildman–Crippen LogP) is 2.32. The maximum Gasteiger partial charge on any atom is 0.128 e. The van der Waals surface area contributed by atoms with Gasteiger partial charge in [0.15, 0.2) is 0 Å². The molecule has 0 aromatic carbocycles. The zero-order chi connectivity index (χ0) is 12.1. The minimum atomic E-state index is 0.201. The highest BCUT2D eigenvalue weighted by Gasteiger charge is 2.10. The van der Waals surface area contributed by atoms with Gasteiger partial charge >= 0.3 is 0 Å². The van der Waals surface area contributed by atoms with Crippen molar-refractivity contribution >= 4 is 11.8 Å². The number of ether oxygens (including phenoxy) is 1. The summed E-state index contributed by atoms with van der Waals surface area (Å²) < 4.78 is 5.35. The van der Waals surface area contributed by atoms with Gasteiger partial charge in [-0.3, -0.25) is 4.98 Å². The van der Waals surface area contributed by atoms with Gasteiger partial charge in [-0.15, -0.1) is 0 Å². The number of hydrogen-bond donors (Lipinski definition) is 1. The Kier molecular flexibility index (Phi) is 5.09. The third kappa shape index (κ3) is 3.12. The first-order chi connectivity index (χ1) is 7.60. The molecule has 0 unspecified atom stereocenters. The molecule has 1 aromatic rings. The maximum absolute atomic E-state index is 8.96. The largest absolute Gasteiger partial charge is 0.496 e. The average molecular weight is 241 g/mol. The Bertz CT molecular complexity index is 355. The van der Waals surface area contributed by atoms with E-state index in [9.17, 15) is 0 Å². The zero-order valence-corrected chi connectivity index (χ0v) is 11.1. The molecule has 90 valence electrons. The van der Waals surface area contributed by atoms with Crippen molar-refractivity contribution < 1.29 is 9.84 Å². The molecule has 0 saturated carbocycles. The summed E-state index contributed by atoms with van der Waals surface area (Å²) in [4.78, 5) is 4.41. The summed E-state index contributed by atoms with van der Waals surface area (Å²) in [5, 5.41) is 9.21. The van der Waals surface area contributed by atoms with E-state index in [1.165, 1.54) is 0 Å². The summed E-state index contributed by atoms with van der Waals surface area (Å²) in [6.45, 7) is 6.22. The zero-order valence-electron chi connectivity index (χ0n) is 10.3. The minimum absolute atomic E-state index is 0.201. The lowest BCUT2D eigenvalue weighted by molar-refractivity contribution is 0.300. The molecular formula is C12H19NO2S. The summed E-state index contributed by atoms with van der Waals surface area (Å²) in [6.07, 6.45) is 1.84. The van der Waals surface area contributed by atoms with Crippen LogP contribution in [0.2, 0.25) is 0 Å². The van der Waals surface area contributed by atoms with Crippen LogP contribution in [0.5, 0.6) is 5.75 Å². The van der Waals surface area contributed by atoms with E-state index in [0.717, 1.165) is 28.3 Å². The van der Waals surface area contributed by atoms with Crippen molar-refractivity contribution in [3.05, 3.63) is 23.0 Å². The van der Waals surface area contributed by atoms with Crippen LogP contribution in [0.25, 0.3) is 0 Å². The van der Waals surface area contributed by atoms with Gasteiger partial charge in [-0.25, -0.2) is 0 Å². The van der Waals surface area contributed by atoms with Gasteiger partial charge in [-0.05, 0) is 13.8 Å². The molecule has 1 atom stereocenters. The topological polar surface area (TPSA) is 42.4 Å². The first-order valence-electron chi connectivity index (χ1n) is 5.31. The van der Waals surface area contributed by atoms with E-state index < -0.39 is 0 Å². The first-order valence-corrected chi connectivity index (χ1v) is 6.36. The lowest BCUT2D eigenvalue weighted by Gasteiger charge is -2.13. The Morgan fingerprint density at radius 2 is 2.19 bits per heavy atom. The van der Waals surface area contributed by atoms with Crippen LogP contribution in [-0.4, -0.2) is 29.1 Å². The number of aliphatic hydroxyl groups excluding tert-OH is 1. The van der Waals surface area contributed by atoms with Crippen LogP contribution in [0.15, 0.2) is 6.20 Å². The number of thioether (sulfide) groups is 1. The summed E-state index contributed by atoms with van der Waals surface area (Å²) >= 11 is 1.70. The van der Waals surface area contributed by atoms with Crippen molar-refractivity contribution in [2.75, 3.05) is 13.7 Å². The third-order valence-electron chi connectivity index (χ3n) is 2.51. The second kappa shape index (κ2) is 6.11. The molecule has 0 spiro atoms. The standard InChI is InChI=1S/C12H19NO2S/c1-8-5-13-11(7-16-9(2)6-14)10(3)12(8)15-4/h5,9,14H,6-7H2,1-4H3/t9-/m1/s1. The molecule has 0 fully saturated rings. The van der Waals surface area contributed by atoms with Crippen molar-refractivity contribution in [3.8, 4) is 5.75 Å². The van der Waals surface area contributed by atoms with Gasteiger partial charge in [0.1, 0.15) is 5.75 Å². The molecule has 16 heavy (non-hydrogen) atoms. The minimum Gasteiger partial charge on any atom is -0.496 e. The van der Waals surface area contributed by atoms with Crippen molar-refractivity contribution in [3.63, 3.8) is 0 Å². The van der Waals surface area contributed by atoms with Crippen LogP contribution < -0.4 is 4.74 Å². The third-order valence-corrected chi connectivity index (χ3v) is 3.67. The molecule has 1 rings (SSSR count). The van der Waals surface area contributed by atoms with Gasteiger partial charge in [0.05, 0.1) is 19.4 Å². The molecule has 0 saturated heterocycles. The van der Waals surface area contributed by atoms with E-state index >= 15 is 0 Å². The van der Waals surface area contributed by atoms with Crippen molar-refractivity contribution in [1.29, 1.82) is 0 Å². The fourth-order valence-electron chi connectivity index (χ4n) is 1.49. The van der Waals surface area contributed by atoms with Crippen LogP contribution >= 0.6 is 11.8 Å². The van der Waals surface area contributed by atoms with Crippen LogP contribution in [-0.2, 0) is 5.75 Å². The first kappa shape index (κ1) is 13.3. The lowest BCUT2D eigenvalue weighted by atomic mass is 10.1. The molecule has 4 heteroatoms. The maximum atomic E-state index is 8.96. The van der Waals surface area contributed by atoms with Crippen molar-refractivity contribution in [2.24, 2.45) is 0 Å². The molecule has 1 N–H and O–H groups in total. The Balaban J connectivity index is 2.81. The van der Waals surface area contributed by atoms with Gasteiger partial charge in [-0.2, -0.15) is 11.8 Å². The number of nitrogens with zero attached hydrogens (tertiary/aromatic N) is 1. The molecule has 0 bridgehead atoms. The van der Waals surface area contributed by atoms with Gasteiger partial charge < -0.3 is 9.84 Å². The SMILES string of the molecule is COc1c(C)cnc(CS[C@H](C)CO)c1C. The summed E-state index contributed by atoms with van der Waals surface area (Å²) in [6, 6.07) is 0. The molecule has 0 aliphatic heterocycles. The van der Waals surface area contributed by atoms with E-state index in [2.05, 4.69) is 4.98 Å². The molecular weight excluding hydrogens is 222 g/mol. The smallest absolute Gasteiger partial charge is 0.128 e. The van der Waals surface area contributed by atoms with E-state index in [1.54, 1.807) is 18.9 Å². The second-order valence-corrected chi connectivity index (χ2v) is 5.28. The molecule has 0 radical (unpaired) electrons. The molecule has 1 aromatic heterocycles. The van der Waals surface area contributed by atoms with Crippen LogP contribution in [0, 0.1) is 13.8 Å². The Labute approximate surface area is 101 Å². The molecule has 0 amide bonds. The number of rotatable bonds is 5. The monoisotopic (exact) mass is 241 g/mol. The van der Waals surface area contributed by atoms with Crippen LogP contribution in [0.3, 0.4) is 0 Å². The van der Waals surface area contributed by atoms with Gasteiger partial charge in [0, 0.05) is 28.3 Å². The highest BCUT2D eigenvalue weighted by atomic mass is 32.2. The van der Waals surface area contributed by atoms with Crippen molar-refractivity contribution in [1.82, 2.24) is 4.98 Å². The summed E-state index contributed by atoms with van der Waals surface area (Å²) in [7, 11) is 1.68.